The van der Waals surface area contributed by atoms with Crippen molar-refractivity contribution in [2.24, 2.45) is 0 Å². The summed E-state index contributed by atoms with van der Waals surface area (Å²) in [5, 5.41) is 2.72. The van der Waals surface area contributed by atoms with E-state index >= 15 is 0 Å². The molecule has 76 valence electrons. The van der Waals surface area contributed by atoms with Crippen LogP contribution in [0.15, 0.2) is 24.3 Å². The first-order valence-electron chi connectivity index (χ1n) is 4.82. The summed E-state index contributed by atoms with van der Waals surface area (Å²) in [6.45, 7) is 0. The lowest BCUT2D eigenvalue weighted by molar-refractivity contribution is -0.111. The van der Waals surface area contributed by atoms with Gasteiger partial charge in [-0.15, -0.1) is 0 Å². The second kappa shape index (κ2) is 4.50. The predicted molar refractivity (Wildman–Crippen MR) is 63.7 cm³/mol. The summed E-state index contributed by atoms with van der Waals surface area (Å²) < 4.78 is 0. The Kier molecular flexibility index (Phi) is 3.08. The van der Waals surface area contributed by atoms with Gasteiger partial charge in [0.25, 0.3) is 0 Å². The number of anilines is 1. The standard InChI is InChI=1S/C12H10BrNO/c13-7-6-12(15)14-11-3-1-2-10(8-11)9-4-5-9/h1-3,8-9H,4-5H2,(H,14,15). The summed E-state index contributed by atoms with van der Waals surface area (Å²) in [7, 11) is 0. The minimum absolute atomic E-state index is 0.292. The highest BCUT2D eigenvalue weighted by atomic mass is 79.9. The van der Waals surface area contributed by atoms with Gasteiger partial charge in [0.1, 0.15) is 0 Å². The van der Waals surface area contributed by atoms with Gasteiger partial charge >= 0.3 is 5.91 Å². The molecule has 0 aliphatic heterocycles. The normalized spacial score (nSPS) is 13.9. The third-order valence-electron chi connectivity index (χ3n) is 2.35. The van der Waals surface area contributed by atoms with Crippen LogP contribution in [0.4, 0.5) is 5.69 Å². The maximum absolute atomic E-state index is 11.2. The average Bonchev–Trinajstić information content (AvgIpc) is 3.01. The number of benzene rings is 1. The second-order valence-electron chi connectivity index (χ2n) is 3.57. The Morgan fingerprint density at radius 1 is 1.47 bits per heavy atom. The minimum atomic E-state index is -0.292. The second-order valence-corrected chi connectivity index (χ2v) is 3.97. The van der Waals surface area contributed by atoms with Crippen LogP contribution in [-0.4, -0.2) is 5.91 Å². The summed E-state index contributed by atoms with van der Waals surface area (Å²) in [6.07, 6.45) is 2.53. The van der Waals surface area contributed by atoms with E-state index in [1.165, 1.54) is 18.4 Å². The summed E-state index contributed by atoms with van der Waals surface area (Å²) in [5.41, 5.74) is 2.12. The lowest BCUT2D eigenvalue weighted by atomic mass is 10.1. The molecule has 1 aliphatic carbocycles. The van der Waals surface area contributed by atoms with Crippen molar-refractivity contribution in [2.45, 2.75) is 18.8 Å². The maximum Gasteiger partial charge on any atom is 0.301 e. The molecule has 2 nitrogen and oxygen atoms in total. The highest BCUT2D eigenvalue weighted by Crippen LogP contribution is 2.40. The monoisotopic (exact) mass is 263 g/mol. The van der Waals surface area contributed by atoms with Crippen molar-refractivity contribution in [1.82, 2.24) is 0 Å². The van der Waals surface area contributed by atoms with Crippen LogP contribution in [0.25, 0.3) is 0 Å². The van der Waals surface area contributed by atoms with Gasteiger partial charge in [-0.1, -0.05) is 12.1 Å². The number of halogens is 1. The van der Waals surface area contributed by atoms with Crippen LogP contribution in [-0.2, 0) is 4.79 Å². The van der Waals surface area contributed by atoms with Crippen LogP contribution in [0.3, 0.4) is 0 Å². The molecule has 1 amide bonds. The highest BCUT2D eigenvalue weighted by Gasteiger charge is 2.23. The summed E-state index contributed by atoms with van der Waals surface area (Å²) >= 11 is 2.89. The first kappa shape index (κ1) is 10.3. The fraction of sp³-hybridized carbons (Fsp3) is 0.250. The fourth-order valence-electron chi connectivity index (χ4n) is 1.49. The van der Waals surface area contributed by atoms with Gasteiger partial charge in [0, 0.05) is 27.5 Å². The molecular formula is C12H10BrNO. The first-order valence-corrected chi connectivity index (χ1v) is 5.61. The predicted octanol–water partition coefficient (Wildman–Crippen LogP) is 2.86. The Morgan fingerprint density at radius 3 is 2.93 bits per heavy atom. The van der Waals surface area contributed by atoms with E-state index < -0.39 is 0 Å². The number of hydrogen-bond acceptors (Lipinski definition) is 1. The number of hydrogen-bond donors (Lipinski definition) is 1. The van der Waals surface area contributed by atoms with E-state index in [4.69, 9.17) is 0 Å². The number of nitrogens with one attached hydrogen (secondary N) is 1. The van der Waals surface area contributed by atoms with Gasteiger partial charge in [-0.25, -0.2) is 0 Å². The molecule has 2 rings (SSSR count). The van der Waals surface area contributed by atoms with Crippen LogP contribution in [0.1, 0.15) is 24.3 Å². The summed E-state index contributed by atoms with van der Waals surface area (Å²) in [5.74, 6) is 2.78. The Labute approximate surface area is 97.2 Å². The third-order valence-corrected chi connectivity index (χ3v) is 2.55. The minimum Gasteiger partial charge on any atom is -0.315 e. The zero-order valence-electron chi connectivity index (χ0n) is 8.09. The molecular weight excluding hydrogens is 254 g/mol. The summed E-state index contributed by atoms with van der Waals surface area (Å²) in [6, 6.07) is 7.96. The molecule has 1 aromatic carbocycles. The lowest BCUT2D eigenvalue weighted by Gasteiger charge is -2.03. The molecule has 1 fully saturated rings. The van der Waals surface area contributed by atoms with E-state index in [2.05, 4.69) is 38.1 Å². The van der Waals surface area contributed by atoms with Crippen LogP contribution >= 0.6 is 15.9 Å². The maximum atomic E-state index is 11.2. The molecule has 1 aromatic rings. The van der Waals surface area contributed by atoms with Gasteiger partial charge in [0.2, 0.25) is 0 Å². The van der Waals surface area contributed by atoms with Gasteiger partial charge in [0.15, 0.2) is 0 Å². The molecule has 0 bridgehead atoms. The van der Waals surface area contributed by atoms with Gasteiger partial charge in [-0.05, 0) is 41.3 Å². The molecule has 0 aromatic heterocycles. The van der Waals surface area contributed by atoms with Gasteiger partial charge < -0.3 is 5.32 Å². The van der Waals surface area contributed by atoms with E-state index in [0.717, 1.165) is 5.69 Å². The Balaban J connectivity index is 2.09. The first-order chi connectivity index (χ1) is 7.29. The molecule has 1 N–H and O–H groups in total. The topological polar surface area (TPSA) is 29.1 Å². The van der Waals surface area contributed by atoms with Crippen molar-refractivity contribution in [2.75, 3.05) is 5.32 Å². The van der Waals surface area contributed by atoms with Crippen molar-refractivity contribution in [3.05, 3.63) is 29.8 Å². The van der Waals surface area contributed by atoms with Crippen molar-refractivity contribution >= 4 is 27.5 Å². The van der Waals surface area contributed by atoms with Crippen molar-refractivity contribution in [3.63, 3.8) is 0 Å². The number of carbonyl (C=O) groups excluding carboxylic acids is 1. The van der Waals surface area contributed by atoms with E-state index in [9.17, 15) is 4.79 Å². The molecule has 0 atom stereocenters. The number of carbonyl (C=O) groups is 1. The third kappa shape index (κ3) is 2.84. The SMILES string of the molecule is O=C(C#CBr)Nc1cccc(C2CC2)c1. The van der Waals surface area contributed by atoms with Crippen molar-refractivity contribution in [3.8, 4) is 10.8 Å². The molecule has 0 radical (unpaired) electrons. The van der Waals surface area contributed by atoms with Crippen LogP contribution in [0.5, 0.6) is 0 Å². The molecule has 3 heteroatoms. The molecule has 1 saturated carbocycles. The molecule has 0 spiro atoms. The van der Waals surface area contributed by atoms with Crippen LogP contribution < -0.4 is 5.32 Å². The van der Waals surface area contributed by atoms with Gasteiger partial charge in [-0.2, -0.15) is 0 Å². The van der Waals surface area contributed by atoms with Crippen molar-refractivity contribution in [1.29, 1.82) is 0 Å². The Morgan fingerprint density at radius 2 is 2.27 bits per heavy atom. The highest BCUT2D eigenvalue weighted by molar-refractivity contribution is 9.12. The van der Waals surface area contributed by atoms with E-state index in [0.29, 0.717) is 5.92 Å². The largest absolute Gasteiger partial charge is 0.315 e. The zero-order valence-corrected chi connectivity index (χ0v) is 9.67. The molecule has 0 heterocycles. The molecule has 15 heavy (non-hydrogen) atoms. The van der Waals surface area contributed by atoms with Crippen molar-refractivity contribution < 1.29 is 4.79 Å². The van der Waals surface area contributed by atoms with E-state index in [-0.39, 0.29) is 5.91 Å². The molecule has 0 unspecified atom stereocenters. The van der Waals surface area contributed by atoms with Crippen LogP contribution in [0, 0.1) is 10.8 Å². The zero-order chi connectivity index (χ0) is 10.7. The van der Waals surface area contributed by atoms with Crippen LogP contribution in [0.2, 0.25) is 0 Å². The molecule has 0 saturated heterocycles. The van der Waals surface area contributed by atoms with Gasteiger partial charge in [-0.3, -0.25) is 4.79 Å². The number of rotatable bonds is 2. The molecule has 1 aliphatic rings. The lowest BCUT2D eigenvalue weighted by Crippen LogP contribution is -2.08. The van der Waals surface area contributed by atoms with Gasteiger partial charge in [0.05, 0.1) is 0 Å². The fourth-order valence-corrected chi connectivity index (χ4v) is 1.67. The average molecular weight is 264 g/mol. The Bertz CT molecular complexity index is 440. The van der Waals surface area contributed by atoms with E-state index in [1.807, 2.05) is 18.2 Å². The summed E-state index contributed by atoms with van der Waals surface area (Å²) in [4.78, 5) is 13.6. The number of amides is 1. The smallest absolute Gasteiger partial charge is 0.301 e. The van der Waals surface area contributed by atoms with E-state index in [1.54, 1.807) is 0 Å². The Hall–Kier alpha value is -1.27. The quantitative estimate of drug-likeness (QED) is 0.817.